The number of aromatic nitrogens is 2. The Morgan fingerprint density at radius 1 is 1.44 bits per heavy atom. The van der Waals surface area contributed by atoms with Crippen LogP contribution >= 0.6 is 0 Å². The van der Waals surface area contributed by atoms with Crippen molar-refractivity contribution in [3.63, 3.8) is 0 Å². The molecular weight excluding hydrogens is 228 g/mol. The number of hydrogen-bond acceptors (Lipinski definition) is 5. The van der Waals surface area contributed by atoms with Crippen LogP contribution in [0.1, 0.15) is 26.7 Å². The maximum absolute atomic E-state index is 5.78. The predicted octanol–water partition coefficient (Wildman–Crippen LogP) is 1.91. The van der Waals surface area contributed by atoms with E-state index in [-0.39, 0.29) is 0 Å². The Labute approximate surface area is 109 Å². The highest BCUT2D eigenvalue weighted by molar-refractivity contribution is 5.48. The van der Waals surface area contributed by atoms with Crippen molar-refractivity contribution < 1.29 is 4.74 Å². The Bertz CT molecular complexity index is 372. The van der Waals surface area contributed by atoms with Crippen LogP contribution in [-0.2, 0) is 4.74 Å². The van der Waals surface area contributed by atoms with Gasteiger partial charge in [-0.1, -0.05) is 6.92 Å². The molecule has 0 aromatic carbocycles. The van der Waals surface area contributed by atoms with E-state index in [4.69, 9.17) is 4.74 Å². The summed E-state index contributed by atoms with van der Waals surface area (Å²) in [5.74, 6) is 1.88. The lowest BCUT2D eigenvalue weighted by molar-refractivity contribution is 0.0664. The van der Waals surface area contributed by atoms with Crippen LogP contribution in [0.25, 0.3) is 0 Å². The molecule has 0 aliphatic carbocycles. The van der Waals surface area contributed by atoms with Crippen LogP contribution in [0.5, 0.6) is 0 Å². The molecule has 2 heterocycles. The highest BCUT2D eigenvalue weighted by Crippen LogP contribution is 2.18. The van der Waals surface area contributed by atoms with E-state index in [2.05, 4.69) is 34.0 Å². The topological polar surface area (TPSA) is 50.3 Å². The van der Waals surface area contributed by atoms with E-state index in [0.717, 1.165) is 50.7 Å². The summed E-state index contributed by atoms with van der Waals surface area (Å²) in [7, 11) is 0. The van der Waals surface area contributed by atoms with Crippen molar-refractivity contribution in [3.05, 3.63) is 12.4 Å². The molecule has 2 rings (SSSR count). The molecule has 1 unspecified atom stereocenters. The Kier molecular flexibility index (Phi) is 4.75. The normalized spacial score (nSPS) is 20.6. The maximum Gasteiger partial charge on any atom is 0.134 e. The second-order valence-corrected chi connectivity index (χ2v) is 4.49. The Morgan fingerprint density at radius 2 is 2.33 bits per heavy atom. The summed E-state index contributed by atoms with van der Waals surface area (Å²) >= 11 is 0. The zero-order chi connectivity index (χ0) is 12.8. The van der Waals surface area contributed by atoms with Crippen molar-refractivity contribution in [2.75, 3.05) is 36.5 Å². The molecule has 1 fully saturated rings. The summed E-state index contributed by atoms with van der Waals surface area (Å²) in [6.45, 7) is 7.86. The standard InChI is InChI=1S/C13H22N4O/c1-3-11-9-17(6-5-7-18-11)13-8-12(14-4-2)15-10-16-13/h8,10-11H,3-7,9H2,1-2H3,(H,14,15,16). The van der Waals surface area contributed by atoms with E-state index in [9.17, 15) is 0 Å². The number of hydrogen-bond donors (Lipinski definition) is 1. The average molecular weight is 250 g/mol. The molecule has 1 N–H and O–H groups in total. The van der Waals surface area contributed by atoms with Gasteiger partial charge in [-0.2, -0.15) is 0 Å². The van der Waals surface area contributed by atoms with Gasteiger partial charge in [-0.15, -0.1) is 0 Å². The number of anilines is 2. The molecule has 100 valence electrons. The molecule has 1 saturated heterocycles. The molecule has 1 aromatic rings. The zero-order valence-electron chi connectivity index (χ0n) is 11.2. The molecule has 0 bridgehead atoms. The van der Waals surface area contributed by atoms with Gasteiger partial charge in [-0.3, -0.25) is 0 Å². The molecular formula is C13H22N4O. The average Bonchev–Trinajstić information content (AvgIpc) is 2.65. The summed E-state index contributed by atoms with van der Waals surface area (Å²) in [5.41, 5.74) is 0. The minimum atomic E-state index is 0.310. The van der Waals surface area contributed by atoms with Gasteiger partial charge >= 0.3 is 0 Å². The third kappa shape index (κ3) is 3.32. The first kappa shape index (κ1) is 13.1. The van der Waals surface area contributed by atoms with E-state index in [0.29, 0.717) is 6.10 Å². The van der Waals surface area contributed by atoms with Gasteiger partial charge in [0.25, 0.3) is 0 Å². The molecule has 18 heavy (non-hydrogen) atoms. The van der Waals surface area contributed by atoms with E-state index in [1.165, 1.54) is 0 Å². The number of nitrogens with one attached hydrogen (secondary N) is 1. The smallest absolute Gasteiger partial charge is 0.134 e. The van der Waals surface area contributed by atoms with Gasteiger partial charge in [0, 0.05) is 32.3 Å². The van der Waals surface area contributed by atoms with Crippen LogP contribution in [0.3, 0.4) is 0 Å². The summed E-state index contributed by atoms with van der Waals surface area (Å²) in [5, 5.41) is 3.22. The third-order valence-corrected chi connectivity index (χ3v) is 3.14. The fraction of sp³-hybridized carbons (Fsp3) is 0.692. The van der Waals surface area contributed by atoms with Crippen LogP contribution < -0.4 is 10.2 Å². The highest BCUT2D eigenvalue weighted by atomic mass is 16.5. The summed E-state index contributed by atoms with van der Waals surface area (Å²) in [4.78, 5) is 10.9. The van der Waals surface area contributed by atoms with Crippen molar-refractivity contribution in [2.24, 2.45) is 0 Å². The number of ether oxygens (including phenoxy) is 1. The highest BCUT2D eigenvalue weighted by Gasteiger charge is 2.18. The Hall–Kier alpha value is -1.36. The SMILES string of the molecule is CCNc1cc(N2CCCOC(CC)C2)ncn1. The van der Waals surface area contributed by atoms with Crippen LogP contribution in [0.15, 0.2) is 12.4 Å². The number of rotatable bonds is 4. The first-order valence-corrected chi connectivity index (χ1v) is 6.76. The minimum Gasteiger partial charge on any atom is -0.376 e. The van der Waals surface area contributed by atoms with Gasteiger partial charge < -0.3 is 15.0 Å². The molecule has 0 saturated carbocycles. The van der Waals surface area contributed by atoms with Crippen LogP contribution in [0.2, 0.25) is 0 Å². The fourth-order valence-electron chi connectivity index (χ4n) is 2.15. The van der Waals surface area contributed by atoms with E-state index < -0.39 is 0 Å². The van der Waals surface area contributed by atoms with Crippen molar-refractivity contribution >= 4 is 11.6 Å². The lowest BCUT2D eigenvalue weighted by Gasteiger charge is -2.24. The van der Waals surface area contributed by atoms with Crippen LogP contribution in [0, 0.1) is 0 Å². The Morgan fingerprint density at radius 3 is 3.11 bits per heavy atom. The Balaban J connectivity index is 2.10. The van der Waals surface area contributed by atoms with E-state index in [1.807, 2.05) is 6.07 Å². The molecule has 5 nitrogen and oxygen atoms in total. The largest absolute Gasteiger partial charge is 0.376 e. The van der Waals surface area contributed by atoms with Crippen molar-refractivity contribution in [1.82, 2.24) is 9.97 Å². The monoisotopic (exact) mass is 250 g/mol. The van der Waals surface area contributed by atoms with Crippen LogP contribution in [-0.4, -0.2) is 42.3 Å². The molecule has 1 aromatic heterocycles. The maximum atomic E-state index is 5.78. The first-order valence-electron chi connectivity index (χ1n) is 6.76. The molecule has 0 spiro atoms. The lowest BCUT2D eigenvalue weighted by Crippen LogP contribution is -2.32. The van der Waals surface area contributed by atoms with Gasteiger partial charge in [-0.05, 0) is 19.8 Å². The minimum absolute atomic E-state index is 0.310. The second kappa shape index (κ2) is 6.54. The van der Waals surface area contributed by atoms with Gasteiger partial charge in [0.1, 0.15) is 18.0 Å². The first-order chi connectivity index (χ1) is 8.83. The molecule has 1 atom stereocenters. The zero-order valence-corrected chi connectivity index (χ0v) is 11.2. The predicted molar refractivity (Wildman–Crippen MR) is 73.1 cm³/mol. The van der Waals surface area contributed by atoms with Crippen LogP contribution in [0.4, 0.5) is 11.6 Å². The van der Waals surface area contributed by atoms with Gasteiger partial charge in [0.15, 0.2) is 0 Å². The second-order valence-electron chi connectivity index (χ2n) is 4.49. The van der Waals surface area contributed by atoms with Crippen molar-refractivity contribution in [2.45, 2.75) is 32.8 Å². The lowest BCUT2D eigenvalue weighted by atomic mass is 10.2. The van der Waals surface area contributed by atoms with Gasteiger partial charge in [0.2, 0.25) is 0 Å². The molecule has 0 radical (unpaired) electrons. The van der Waals surface area contributed by atoms with Crippen molar-refractivity contribution in [3.8, 4) is 0 Å². The van der Waals surface area contributed by atoms with E-state index >= 15 is 0 Å². The fourth-order valence-corrected chi connectivity index (χ4v) is 2.15. The third-order valence-electron chi connectivity index (χ3n) is 3.14. The molecule has 5 heteroatoms. The van der Waals surface area contributed by atoms with E-state index in [1.54, 1.807) is 6.33 Å². The summed E-state index contributed by atoms with van der Waals surface area (Å²) in [6.07, 6.45) is 4.03. The summed E-state index contributed by atoms with van der Waals surface area (Å²) < 4.78 is 5.78. The molecule has 1 aliphatic rings. The molecule has 1 aliphatic heterocycles. The number of nitrogens with zero attached hydrogens (tertiary/aromatic N) is 3. The van der Waals surface area contributed by atoms with Gasteiger partial charge in [0.05, 0.1) is 6.10 Å². The molecule has 0 amide bonds. The van der Waals surface area contributed by atoms with Crippen molar-refractivity contribution in [1.29, 1.82) is 0 Å². The summed E-state index contributed by atoms with van der Waals surface area (Å²) in [6, 6.07) is 2.02. The van der Waals surface area contributed by atoms with Gasteiger partial charge in [-0.25, -0.2) is 9.97 Å². The quantitative estimate of drug-likeness (QED) is 0.884.